The molecule has 0 aromatic carbocycles. The lowest BCUT2D eigenvalue weighted by molar-refractivity contribution is -0.142. The van der Waals surface area contributed by atoms with Gasteiger partial charge in [0.25, 0.3) is 0 Å². The number of urea groups is 1. The molecule has 2 unspecified atom stereocenters. The summed E-state index contributed by atoms with van der Waals surface area (Å²) in [5.74, 6) is -1.00. The normalized spacial score (nSPS) is 25.7. The molecule has 2 aliphatic rings. The molecule has 0 bridgehead atoms. The molecule has 2 N–H and O–H groups in total. The van der Waals surface area contributed by atoms with Crippen LogP contribution < -0.4 is 5.32 Å². The third kappa shape index (κ3) is 3.67. The summed E-state index contributed by atoms with van der Waals surface area (Å²) in [4.78, 5) is 25.6. The van der Waals surface area contributed by atoms with Crippen LogP contribution in [-0.2, 0) is 9.53 Å². The Kier molecular flexibility index (Phi) is 4.76. The first-order chi connectivity index (χ1) is 9.86. The topological polar surface area (TPSA) is 78.9 Å². The molecule has 2 atom stereocenters. The third-order valence-corrected chi connectivity index (χ3v) is 4.52. The number of aliphatic carboxylic acids is 1. The minimum atomic E-state index is -0.896. The molecule has 0 aromatic rings. The number of rotatable bonds is 6. The van der Waals surface area contributed by atoms with Gasteiger partial charge in [0.1, 0.15) is 5.92 Å². The van der Waals surface area contributed by atoms with Crippen LogP contribution in [0, 0.1) is 11.8 Å². The lowest BCUT2D eigenvalue weighted by atomic mass is 9.98. The lowest BCUT2D eigenvalue weighted by Crippen LogP contribution is -2.56. The molecule has 1 heterocycles. The summed E-state index contributed by atoms with van der Waals surface area (Å²) in [6.45, 7) is 7.08. The van der Waals surface area contributed by atoms with Crippen LogP contribution in [0.25, 0.3) is 0 Å². The van der Waals surface area contributed by atoms with Crippen molar-refractivity contribution >= 4 is 12.0 Å². The van der Waals surface area contributed by atoms with Crippen LogP contribution in [0.5, 0.6) is 0 Å². The van der Waals surface area contributed by atoms with Crippen LogP contribution in [0.3, 0.4) is 0 Å². The molecule has 2 fully saturated rings. The van der Waals surface area contributed by atoms with Crippen molar-refractivity contribution in [3.8, 4) is 0 Å². The highest BCUT2D eigenvalue weighted by molar-refractivity contribution is 5.78. The average molecular weight is 298 g/mol. The summed E-state index contributed by atoms with van der Waals surface area (Å²) in [5, 5.41) is 12.4. The Morgan fingerprint density at radius 3 is 2.52 bits per heavy atom. The van der Waals surface area contributed by atoms with Crippen LogP contribution in [0.2, 0.25) is 0 Å². The van der Waals surface area contributed by atoms with Crippen LogP contribution in [0.15, 0.2) is 0 Å². The van der Waals surface area contributed by atoms with Gasteiger partial charge >= 0.3 is 12.0 Å². The van der Waals surface area contributed by atoms with Crippen LogP contribution in [0.1, 0.15) is 40.0 Å². The predicted octanol–water partition coefficient (Wildman–Crippen LogP) is 1.70. The van der Waals surface area contributed by atoms with Crippen molar-refractivity contribution in [2.24, 2.45) is 11.8 Å². The molecule has 1 aliphatic carbocycles. The molecular weight excluding hydrogens is 272 g/mol. The van der Waals surface area contributed by atoms with Gasteiger partial charge in [0.15, 0.2) is 0 Å². The first-order valence-corrected chi connectivity index (χ1v) is 7.76. The fraction of sp³-hybridized carbons (Fsp3) is 0.867. The van der Waals surface area contributed by atoms with E-state index < -0.39 is 11.9 Å². The van der Waals surface area contributed by atoms with Gasteiger partial charge in [0.2, 0.25) is 0 Å². The number of ether oxygens (including phenoxy) is 1. The van der Waals surface area contributed by atoms with Crippen molar-refractivity contribution in [3.63, 3.8) is 0 Å². The third-order valence-electron chi connectivity index (χ3n) is 4.52. The lowest BCUT2D eigenvalue weighted by Gasteiger charge is -2.35. The van der Waals surface area contributed by atoms with Crippen LogP contribution in [-0.4, -0.2) is 53.3 Å². The van der Waals surface area contributed by atoms with Gasteiger partial charge in [-0.2, -0.15) is 0 Å². The zero-order chi connectivity index (χ0) is 15.6. The Morgan fingerprint density at radius 1 is 1.33 bits per heavy atom. The van der Waals surface area contributed by atoms with E-state index in [9.17, 15) is 14.7 Å². The molecule has 0 aromatic heterocycles. The number of nitrogens with zero attached hydrogens (tertiary/aromatic N) is 1. The van der Waals surface area contributed by atoms with E-state index in [0.29, 0.717) is 19.1 Å². The molecule has 120 valence electrons. The number of carboxylic acid groups (broad SMARTS) is 1. The second-order valence-electron chi connectivity index (χ2n) is 6.67. The molecule has 6 heteroatoms. The number of carbonyl (C=O) groups excluding carboxylic acids is 1. The van der Waals surface area contributed by atoms with Gasteiger partial charge in [-0.25, -0.2) is 4.79 Å². The standard InChI is InChI=1S/C15H26N2O4/c1-4-7-17(12-9-21-8-11(12)13(18)19)14(20)16-15(2,3)10-5-6-10/h10-12H,4-9H2,1-3H3,(H,16,20)(H,18,19). The Labute approximate surface area is 125 Å². The van der Waals surface area contributed by atoms with Crippen molar-refractivity contribution in [3.05, 3.63) is 0 Å². The van der Waals surface area contributed by atoms with Gasteiger partial charge in [0, 0.05) is 12.1 Å². The van der Waals surface area contributed by atoms with E-state index in [1.807, 2.05) is 20.8 Å². The Balaban J connectivity index is 2.06. The van der Waals surface area contributed by atoms with Gasteiger partial charge in [-0.3, -0.25) is 4.79 Å². The molecule has 1 saturated carbocycles. The monoisotopic (exact) mass is 298 g/mol. The quantitative estimate of drug-likeness (QED) is 0.782. The number of nitrogens with one attached hydrogen (secondary N) is 1. The highest BCUT2D eigenvalue weighted by atomic mass is 16.5. The highest BCUT2D eigenvalue weighted by Crippen LogP contribution is 2.39. The number of carbonyl (C=O) groups is 2. The van der Waals surface area contributed by atoms with E-state index in [1.54, 1.807) is 4.90 Å². The summed E-state index contributed by atoms with van der Waals surface area (Å²) < 4.78 is 5.30. The fourth-order valence-electron chi connectivity index (χ4n) is 3.00. The van der Waals surface area contributed by atoms with Crippen molar-refractivity contribution in [1.82, 2.24) is 10.2 Å². The number of hydrogen-bond donors (Lipinski definition) is 2. The highest BCUT2D eigenvalue weighted by Gasteiger charge is 2.43. The molecule has 2 amide bonds. The maximum Gasteiger partial charge on any atom is 0.318 e. The summed E-state index contributed by atoms with van der Waals surface area (Å²) in [7, 11) is 0. The molecule has 21 heavy (non-hydrogen) atoms. The first kappa shape index (κ1) is 16.1. The fourth-order valence-corrected chi connectivity index (χ4v) is 3.00. The van der Waals surface area contributed by atoms with E-state index >= 15 is 0 Å². The molecule has 2 rings (SSSR count). The van der Waals surface area contributed by atoms with Gasteiger partial charge in [-0.05, 0) is 39.0 Å². The second kappa shape index (κ2) is 6.22. The van der Waals surface area contributed by atoms with E-state index in [1.165, 1.54) is 0 Å². The van der Waals surface area contributed by atoms with Crippen molar-refractivity contribution in [1.29, 1.82) is 0 Å². The summed E-state index contributed by atoms with van der Waals surface area (Å²) in [5.41, 5.74) is -0.235. The summed E-state index contributed by atoms with van der Waals surface area (Å²) >= 11 is 0. The van der Waals surface area contributed by atoms with E-state index in [2.05, 4.69) is 5.32 Å². The van der Waals surface area contributed by atoms with Crippen LogP contribution >= 0.6 is 0 Å². The minimum absolute atomic E-state index is 0.171. The van der Waals surface area contributed by atoms with E-state index in [-0.39, 0.29) is 24.2 Å². The minimum Gasteiger partial charge on any atom is -0.481 e. The van der Waals surface area contributed by atoms with E-state index in [0.717, 1.165) is 19.3 Å². The maximum absolute atomic E-state index is 12.6. The number of amides is 2. The maximum atomic E-state index is 12.6. The van der Waals surface area contributed by atoms with Crippen molar-refractivity contribution in [2.45, 2.75) is 51.6 Å². The molecule has 6 nitrogen and oxygen atoms in total. The average Bonchev–Trinajstić information content (AvgIpc) is 3.14. The molecule has 0 spiro atoms. The Morgan fingerprint density at radius 2 is 2.00 bits per heavy atom. The van der Waals surface area contributed by atoms with Gasteiger partial charge in [0.05, 0.1) is 19.3 Å². The Bertz CT molecular complexity index is 406. The van der Waals surface area contributed by atoms with Crippen molar-refractivity contribution in [2.75, 3.05) is 19.8 Å². The second-order valence-corrected chi connectivity index (χ2v) is 6.67. The Hall–Kier alpha value is -1.30. The van der Waals surface area contributed by atoms with Crippen molar-refractivity contribution < 1.29 is 19.4 Å². The SMILES string of the molecule is CCCN(C(=O)NC(C)(C)C1CC1)C1COCC1C(=O)O. The van der Waals surface area contributed by atoms with Gasteiger partial charge in [-0.1, -0.05) is 6.92 Å². The molecular formula is C15H26N2O4. The van der Waals surface area contributed by atoms with E-state index in [4.69, 9.17) is 4.74 Å². The number of hydrogen-bond acceptors (Lipinski definition) is 3. The number of carboxylic acids is 1. The molecule has 1 saturated heterocycles. The first-order valence-electron chi connectivity index (χ1n) is 7.76. The molecule has 0 radical (unpaired) electrons. The largest absolute Gasteiger partial charge is 0.481 e. The zero-order valence-electron chi connectivity index (χ0n) is 13.1. The predicted molar refractivity (Wildman–Crippen MR) is 78.1 cm³/mol. The summed E-state index contributed by atoms with van der Waals surface area (Å²) in [6, 6.07) is -0.548. The smallest absolute Gasteiger partial charge is 0.318 e. The molecule has 1 aliphatic heterocycles. The summed E-state index contributed by atoms with van der Waals surface area (Å²) in [6.07, 6.45) is 3.08. The van der Waals surface area contributed by atoms with Crippen LogP contribution in [0.4, 0.5) is 4.79 Å². The van der Waals surface area contributed by atoms with Gasteiger partial charge < -0.3 is 20.1 Å². The zero-order valence-corrected chi connectivity index (χ0v) is 13.1. The van der Waals surface area contributed by atoms with Gasteiger partial charge in [-0.15, -0.1) is 0 Å².